The zero-order valence-electron chi connectivity index (χ0n) is 13.7. The van der Waals surface area contributed by atoms with E-state index in [1.54, 1.807) is 6.20 Å². The first-order valence-corrected chi connectivity index (χ1v) is 7.85. The van der Waals surface area contributed by atoms with E-state index in [-0.39, 0.29) is 31.0 Å². The summed E-state index contributed by atoms with van der Waals surface area (Å²) in [6.07, 6.45) is 3.66. The Morgan fingerprint density at radius 1 is 1.38 bits per heavy atom. The van der Waals surface area contributed by atoms with Crippen molar-refractivity contribution in [3.8, 4) is 0 Å². The lowest BCUT2D eigenvalue weighted by atomic mass is 10.1. The van der Waals surface area contributed by atoms with Gasteiger partial charge in [0, 0.05) is 39.1 Å². The predicted octanol–water partition coefficient (Wildman–Crippen LogP) is 1.53. The van der Waals surface area contributed by atoms with Crippen molar-refractivity contribution >= 4 is 18.3 Å². The minimum atomic E-state index is -0.0448. The number of hydrogen-bond acceptors (Lipinski definition) is 4. The molecule has 2 heterocycles. The predicted molar refractivity (Wildman–Crippen MR) is 93.9 cm³/mol. The highest BCUT2D eigenvalue weighted by atomic mass is 35.5. The summed E-state index contributed by atoms with van der Waals surface area (Å²) in [6.45, 7) is 2.73. The Kier molecular flexibility index (Phi) is 6.78. The molecule has 1 aliphatic heterocycles. The van der Waals surface area contributed by atoms with Crippen LogP contribution in [0.2, 0.25) is 0 Å². The number of benzene rings is 1. The molecule has 1 aromatic heterocycles. The number of nitrogens with one attached hydrogen (secondary N) is 1. The van der Waals surface area contributed by atoms with Gasteiger partial charge in [-0.25, -0.2) is 4.98 Å². The molecule has 1 unspecified atom stereocenters. The van der Waals surface area contributed by atoms with Crippen molar-refractivity contribution in [2.24, 2.45) is 7.05 Å². The van der Waals surface area contributed by atoms with Crippen molar-refractivity contribution in [3.63, 3.8) is 0 Å². The van der Waals surface area contributed by atoms with E-state index in [0.29, 0.717) is 13.2 Å². The van der Waals surface area contributed by atoms with Gasteiger partial charge in [0.1, 0.15) is 18.5 Å². The molecule has 7 heteroatoms. The number of imidazole rings is 1. The van der Waals surface area contributed by atoms with Crippen LogP contribution >= 0.6 is 12.4 Å². The lowest BCUT2D eigenvalue weighted by Crippen LogP contribution is -2.50. The number of halogens is 1. The Morgan fingerprint density at radius 2 is 2.17 bits per heavy atom. The van der Waals surface area contributed by atoms with Crippen molar-refractivity contribution in [1.82, 2.24) is 19.8 Å². The summed E-state index contributed by atoms with van der Waals surface area (Å²) < 4.78 is 7.55. The van der Waals surface area contributed by atoms with Gasteiger partial charge in [-0.2, -0.15) is 0 Å². The summed E-state index contributed by atoms with van der Waals surface area (Å²) in [5.74, 6) is 0.907. The average Bonchev–Trinajstić information content (AvgIpc) is 3.01. The van der Waals surface area contributed by atoms with Crippen LogP contribution in [0.3, 0.4) is 0 Å². The average molecular weight is 351 g/mol. The number of amides is 1. The quantitative estimate of drug-likeness (QED) is 0.888. The number of piperazine rings is 1. The summed E-state index contributed by atoms with van der Waals surface area (Å²) in [6, 6.07) is 9.84. The number of aryl methyl sites for hydroxylation is 1. The molecule has 3 rings (SSSR count). The SMILES string of the molecule is Cl.Cn1ccnc1C1CNCCN1C(=O)COCc1ccccc1. The second kappa shape index (κ2) is 8.82. The van der Waals surface area contributed by atoms with Crippen LogP contribution in [0.25, 0.3) is 0 Å². The van der Waals surface area contributed by atoms with Crippen LogP contribution in [-0.2, 0) is 23.2 Å². The highest BCUT2D eigenvalue weighted by Gasteiger charge is 2.30. The van der Waals surface area contributed by atoms with Gasteiger partial charge in [-0.15, -0.1) is 12.4 Å². The molecule has 1 aliphatic rings. The molecule has 1 N–H and O–H groups in total. The summed E-state index contributed by atoms with van der Waals surface area (Å²) in [5, 5.41) is 3.33. The lowest BCUT2D eigenvalue weighted by molar-refractivity contribution is -0.140. The van der Waals surface area contributed by atoms with Crippen LogP contribution in [0.1, 0.15) is 17.4 Å². The van der Waals surface area contributed by atoms with Crippen LogP contribution < -0.4 is 5.32 Å². The number of carbonyl (C=O) groups excluding carboxylic acids is 1. The molecule has 0 aliphatic carbocycles. The van der Waals surface area contributed by atoms with E-state index in [2.05, 4.69) is 10.3 Å². The smallest absolute Gasteiger partial charge is 0.249 e. The number of rotatable bonds is 5. The summed E-state index contributed by atoms with van der Waals surface area (Å²) in [4.78, 5) is 18.8. The third kappa shape index (κ3) is 4.35. The molecule has 0 radical (unpaired) electrons. The molecule has 1 atom stereocenters. The molecule has 1 saturated heterocycles. The molecule has 130 valence electrons. The minimum Gasteiger partial charge on any atom is -0.367 e. The first kappa shape index (κ1) is 18.4. The molecule has 0 bridgehead atoms. The maximum atomic E-state index is 12.5. The molecule has 0 saturated carbocycles. The Bertz CT molecular complexity index is 647. The van der Waals surface area contributed by atoms with Gasteiger partial charge in [-0.1, -0.05) is 30.3 Å². The molecule has 2 aromatic rings. The normalized spacial score (nSPS) is 17.4. The molecule has 1 fully saturated rings. The monoisotopic (exact) mass is 350 g/mol. The molecule has 0 spiro atoms. The van der Waals surface area contributed by atoms with Gasteiger partial charge in [0.25, 0.3) is 0 Å². The lowest BCUT2D eigenvalue weighted by Gasteiger charge is -2.35. The summed E-state index contributed by atoms with van der Waals surface area (Å²) >= 11 is 0. The second-order valence-corrected chi connectivity index (χ2v) is 5.68. The van der Waals surface area contributed by atoms with E-state index < -0.39 is 0 Å². The van der Waals surface area contributed by atoms with E-state index >= 15 is 0 Å². The van der Waals surface area contributed by atoms with Gasteiger partial charge in [0.15, 0.2) is 0 Å². The van der Waals surface area contributed by atoms with Gasteiger partial charge in [0.2, 0.25) is 5.91 Å². The van der Waals surface area contributed by atoms with Crippen molar-refractivity contribution in [2.45, 2.75) is 12.6 Å². The number of aromatic nitrogens is 2. The maximum absolute atomic E-state index is 12.5. The van der Waals surface area contributed by atoms with E-state index in [1.807, 2.05) is 53.0 Å². The van der Waals surface area contributed by atoms with Crippen LogP contribution in [-0.4, -0.2) is 46.6 Å². The number of hydrogen-bond donors (Lipinski definition) is 1. The fourth-order valence-electron chi connectivity index (χ4n) is 2.85. The zero-order valence-corrected chi connectivity index (χ0v) is 14.5. The fraction of sp³-hybridized carbons (Fsp3) is 0.412. The van der Waals surface area contributed by atoms with Gasteiger partial charge in [-0.05, 0) is 5.56 Å². The topological polar surface area (TPSA) is 59.4 Å². The highest BCUT2D eigenvalue weighted by Crippen LogP contribution is 2.20. The van der Waals surface area contributed by atoms with Gasteiger partial charge < -0.3 is 19.5 Å². The maximum Gasteiger partial charge on any atom is 0.249 e. The molecule has 1 aromatic carbocycles. The second-order valence-electron chi connectivity index (χ2n) is 5.68. The zero-order chi connectivity index (χ0) is 16.1. The van der Waals surface area contributed by atoms with Crippen molar-refractivity contribution in [1.29, 1.82) is 0 Å². The van der Waals surface area contributed by atoms with Crippen LogP contribution in [0.4, 0.5) is 0 Å². The van der Waals surface area contributed by atoms with E-state index in [1.165, 1.54) is 0 Å². The standard InChI is InChI=1S/C17H22N4O2.ClH/c1-20-9-8-19-17(20)15-11-18-7-10-21(15)16(22)13-23-12-14-5-3-2-4-6-14;/h2-6,8-9,15,18H,7,10-13H2,1H3;1H. The van der Waals surface area contributed by atoms with E-state index in [0.717, 1.165) is 24.5 Å². The molecular weight excluding hydrogens is 328 g/mol. The molecular formula is C17H23ClN4O2. The molecule has 24 heavy (non-hydrogen) atoms. The van der Waals surface area contributed by atoms with E-state index in [4.69, 9.17) is 4.74 Å². The van der Waals surface area contributed by atoms with Crippen LogP contribution in [0.5, 0.6) is 0 Å². The molecule has 6 nitrogen and oxygen atoms in total. The van der Waals surface area contributed by atoms with Crippen molar-refractivity contribution in [2.75, 3.05) is 26.2 Å². The molecule has 1 amide bonds. The van der Waals surface area contributed by atoms with Crippen LogP contribution in [0, 0.1) is 0 Å². The summed E-state index contributed by atoms with van der Waals surface area (Å²) in [5.41, 5.74) is 1.07. The summed E-state index contributed by atoms with van der Waals surface area (Å²) in [7, 11) is 1.95. The highest BCUT2D eigenvalue weighted by molar-refractivity contribution is 5.85. The largest absolute Gasteiger partial charge is 0.367 e. The first-order valence-electron chi connectivity index (χ1n) is 7.85. The Morgan fingerprint density at radius 3 is 2.88 bits per heavy atom. The minimum absolute atomic E-state index is 0. The fourth-order valence-corrected chi connectivity index (χ4v) is 2.85. The van der Waals surface area contributed by atoms with Gasteiger partial charge >= 0.3 is 0 Å². The Labute approximate surface area is 148 Å². The van der Waals surface area contributed by atoms with Crippen LogP contribution in [0.15, 0.2) is 42.7 Å². The first-order chi connectivity index (χ1) is 11.3. The van der Waals surface area contributed by atoms with Crippen molar-refractivity contribution in [3.05, 3.63) is 54.1 Å². The number of nitrogens with zero attached hydrogens (tertiary/aromatic N) is 3. The Balaban J connectivity index is 0.00000208. The van der Waals surface area contributed by atoms with Gasteiger partial charge in [0.05, 0.1) is 6.61 Å². The third-order valence-corrected chi connectivity index (χ3v) is 4.06. The number of carbonyl (C=O) groups is 1. The third-order valence-electron chi connectivity index (χ3n) is 4.06. The Hall–Kier alpha value is -1.89. The van der Waals surface area contributed by atoms with Crippen molar-refractivity contribution < 1.29 is 9.53 Å². The van der Waals surface area contributed by atoms with Gasteiger partial charge in [-0.3, -0.25) is 4.79 Å². The number of ether oxygens (including phenoxy) is 1. The van der Waals surface area contributed by atoms with E-state index in [9.17, 15) is 4.79 Å².